The number of hydrogen-bond donors (Lipinski definition) is 1. The normalized spacial score (nSPS) is 18.3. The van der Waals surface area contributed by atoms with Crippen molar-refractivity contribution < 1.29 is 4.79 Å². The summed E-state index contributed by atoms with van der Waals surface area (Å²) >= 11 is 1.62. The highest BCUT2D eigenvalue weighted by Gasteiger charge is 2.31. The Morgan fingerprint density at radius 3 is 2.74 bits per heavy atom. The summed E-state index contributed by atoms with van der Waals surface area (Å²) in [5.74, 6) is 0.134. The average Bonchev–Trinajstić information content (AvgIpc) is 2.75. The van der Waals surface area contributed by atoms with E-state index < -0.39 is 0 Å². The molecule has 0 radical (unpaired) electrons. The topological polar surface area (TPSA) is 59.2 Å². The quantitative estimate of drug-likeness (QED) is 0.922. The van der Waals surface area contributed by atoms with Crippen LogP contribution in [0.5, 0.6) is 0 Å². The fraction of sp³-hybridized carbons (Fsp3) is 0.714. The van der Waals surface area contributed by atoms with E-state index in [1.54, 1.807) is 16.2 Å². The highest BCUT2D eigenvalue weighted by molar-refractivity contribution is 7.09. The van der Waals surface area contributed by atoms with Gasteiger partial charge in [0.25, 0.3) is 0 Å². The minimum Gasteiger partial charge on any atom is -0.340 e. The van der Waals surface area contributed by atoms with Crippen molar-refractivity contribution in [3.63, 3.8) is 0 Å². The molecular formula is C14H23N3OS. The van der Waals surface area contributed by atoms with Crippen molar-refractivity contribution in [1.82, 2.24) is 9.88 Å². The smallest absolute Gasteiger partial charge is 0.224 e. The minimum absolute atomic E-state index is 0.134. The summed E-state index contributed by atoms with van der Waals surface area (Å²) < 4.78 is 0. The first kappa shape index (κ1) is 14.5. The summed E-state index contributed by atoms with van der Waals surface area (Å²) in [6.45, 7) is 2.56. The van der Waals surface area contributed by atoms with Gasteiger partial charge in [-0.25, -0.2) is 4.98 Å². The zero-order valence-corrected chi connectivity index (χ0v) is 12.6. The lowest BCUT2D eigenvalue weighted by molar-refractivity contribution is -0.132. The van der Waals surface area contributed by atoms with Crippen LogP contribution in [0, 0.1) is 6.92 Å². The number of aryl methyl sites for hydroxylation is 1. The van der Waals surface area contributed by atoms with Gasteiger partial charge in [-0.1, -0.05) is 19.3 Å². The Bertz CT molecular complexity index is 438. The molecule has 1 heterocycles. The summed E-state index contributed by atoms with van der Waals surface area (Å²) in [7, 11) is 1.84. The van der Waals surface area contributed by atoms with E-state index in [9.17, 15) is 4.79 Å². The van der Waals surface area contributed by atoms with Crippen LogP contribution in [0.25, 0.3) is 0 Å². The van der Waals surface area contributed by atoms with Crippen LogP contribution in [0.15, 0.2) is 5.38 Å². The summed E-state index contributed by atoms with van der Waals surface area (Å²) in [6, 6.07) is 0. The molecule has 1 fully saturated rings. The molecule has 0 aliphatic heterocycles. The Kier molecular flexibility index (Phi) is 4.58. The minimum atomic E-state index is -0.276. The Labute approximate surface area is 119 Å². The Hall–Kier alpha value is -0.940. The standard InChI is InChI=1S/C14H23N3OS/c1-11-16-12(10-19-11)9-17(2)13(18)8-14(15)6-4-3-5-7-14/h10H,3-9,15H2,1-2H3. The highest BCUT2D eigenvalue weighted by Crippen LogP contribution is 2.29. The van der Waals surface area contributed by atoms with E-state index >= 15 is 0 Å². The molecule has 1 aliphatic rings. The molecule has 1 aromatic rings. The largest absolute Gasteiger partial charge is 0.340 e. The van der Waals surface area contributed by atoms with Crippen molar-refractivity contribution in [3.05, 3.63) is 16.1 Å². The maximum absolute atomic E-state index is 12.2. The second kappa shape index (κ2) is 6.01. The van der Waals surface area contributed by atoms with Crippen molar-refractivity contribution in [2.75, 3.05) is 7.05 Å². The highest BCUT2D eigenvalue weighted by atomic mass is 32.1. The van der Waals surface area contributed by atoms with Gasteiger partial charge in [0.05, 0.1) is 17.2 Å². The van der Waals surface area contributed by atoms with Gasteiger partial charge >= 0.3 is 0 Å². The van der Waals surface area contributed by atoms with Crippen molar-refractivity contribution in [2.24, 2.45) is 5.73 Å². The second-order valence-corrected chi connectivity index (χ2v) is 6.77. The Morgan fingerprint density at radius 1 is 1.47 bits per heavy atom. The fourth-order valence-corrected chi connectivity index (χ4v) is 3.28. The fourth-order valence-electron chi connectivity index (χ4n) is 2.68. The molecule has 1 amide bonds. The maximum atomic E-state index is 12.2. The summed E-state index contributed by atoms with van der Waals surface area (Å²) in [6.07, 6.45) is 5.97. The van der Waals surface area contributed by atoms with Gasteiger partial charge in [0.15, 0.2) is 0 Å². The second-order valence-electron chi connectivity index (χ2n) is 5.71. The van der Waals surface area contributed by atoms with Crippen LogP contribution >= 0.6 is 11.3 Å². The van der Waals surface area contributed by atoms with E-state index in [0.717, 1.165) is 36.4 Å². The third-order valence-electron chi connectivity index (χ3n) is 3.84. The van der Waals surface area contributed by atoms with E-state index in [-0.39, 0.29) is 11.4 Å². The van der Waals surface area contributed by atoms with Crippen LogP contribution in [0.3, 0.4) is 0 Å². The third kappa shape index (κ3) is 4.01. The average molecular weight is 281 g/mol. The molecule has 0 bridgehead atoms. The lowest BCUT2D eigenvalue weighted by Gasteiger charge is -2.34. The van der Waals surface area contributed by atoms with Crippen molar-refractivity contribution in [1.29, 1.82) is 0 Å². The SMILES string of the molecule is Cc1nc(CN(C)C(=O)CC2(N)CCCCC2)cs1. The molecule has 5 heteroatoms. The molecule has 0 saturated heterocycles. The maximum Gasteiger partial charge on any atom is 0.224 e. The van der Waals surface area contributed by atoms with Gasteiger partial charge in [0.2, 0.25) is 5.91 Å². The van der Waals surface area contributed by atoms with Crippen LogP contribution < -0.4 is 5.73 Å². The van der Waals surface area contributed by atoms with Crippen molar-refractivity contribution in [3.8, 4) is 0 Å². The van der Waals surface area contributed by atoms with Crippen LogP contribution in [-0.2, 0) is 11.3 Å². The Morgan fingerprint density at radius 2 is 2.16 bits per heavy atom. The van der Waals surface area contributed by atoms with Gasteiger partial charge in [-0.15, -0.1) is 11.3 Å². The number of rotatable bonds is 4. The predicted molar refractivity (Wildman–Crippen MR) is 77.9 cm³/mol. The van der Waals surface area contributed by atoms with Crippen LogP contribution in [0.2, 0.25) is 0 Å². The summed E-state index contributed by atoms with van der Waals surface area (Å²) in [5.41, 5.74) is 7.02. The molecule has 0 atom stereocenters. The van der Waals surface area contributed by atoms with Crippen molar-refractivity contribution >= 4 is 17.2 Å². The molecule has 106 valence electrons. The summed E-state index contributed by atoms with van der Waals surface area (Å²) in [4.78, 5) is 18.4. The van der Waals surface area contributed by atoms with E-state index in [4.69, 9.17) is 5.73 Å². The van der Waals surface area contributed by atoms with Gasteiger partial charge < -0.3 is 10.6 Å². The molecular weight excluding hydrogens is 258 g/mol. The van der Waals surface area contributed by atoms with Crippen LogP contribution in [0.1, 0.15) is 49.2 Å². The van der Waals surface area contributed by atoms with Gasteiger partial charge in [-0.2, -0.15) is 0 Å². The lowest BCUT2D eigenvalue weighted by Crippen LogP contribution is -2.46. The van der Waals surface area contributed by atoms with E-state index in [1.165, 1.54) is 6.42 Å². The molecule has 0 spiro atoms. The lowest BCUT2D eigenvalue weighted by atomic mass is 9.80. The Balaban J connectivity index is 1.88. The molecule has 2 rings (SSSR count). The third-order valence-corrected chi connectivity index (χ3v) is 4.67. The van der Waals surface area contributed by atoms with E-state index in [2.05, 4.69) is 4.98 Å². The molecule has 2 N–H and O–H groups in total. The van der Waals surface area contributed by atoms with Crippen LogP contribution in [0.4, 0.5) is 0 Å². The van der Waals surface area contributed by atoms with Gasteiger partial charge in [0, 0.05) is 24.4 Å². The number of carbonyl (C=O) groups excluding carboxylic acids is 1. The number of amides is 1. The number of carbonyl (C=O) groups is 1. The molecule has 4 nitrogen and oxygen atoms in total. The summed E-state index contributed by atoms with van der Waals surface area (Å²) in [5, 5.41) is 3.05. The molecule has 1 aromatic heterocycles. The first-order chi connectivity index (χ1) is 8.98. The van der Waals surface area contributed by atoms with Gasteiger partial charge in [-0.05, 0) is 19.8 Å². The number of thiazole rings is 1. The molecule has 19 heavy (non-hydrogen) atoms. The number of aromatic nitrogens is 1. The monoisotopic (exact) mass is 281 g/mol. The van der Waals surface area contributed by atoms with Gasteiger partial charge in [-0.3, -0.25) is 4.79 Å². The first-order valence-electron chi connectivity index (χ1n) is 6.92. The molecule has 0 unspecified atom stereocenters. The number of nitrogens with two attached hydrogens (primary N) is 1. The number of hydrogen-bond acceptors (Lipinski definition) is 4. The van der Waals surface area contributed by atoms with E-state index in [1.807, 2.05) is 19.4 Å². The zero-order valence-electron chi connectivity index (χ0n) is 11.8. The number of nitrogens with zero attached hydrogens (tertiary/aromatic N) is 2. The van der Waals surface area contributed by atoms with Crippen molar-refractivity contribution in [2.45, 2.75) is 57.5 Å². The first-order valence-corrected chi connectivity index (χ1v) is 7.80. The van der Waals surface area contributed by atoms with E-state index in [0.29, 0.717) is 13.0 Å². The molecule has 1 aliphatic carbocycles. The predicted octanol–water partition coefficient (Wildman–Crippen LogP) is 2.46. The molecule has 1 saturated carbocycles. The molecule has 0 aromatic carbocycles. The zero-order chi connectivity index (χ0) is 13.9. The van der Waals surface area contributed by atoms with Gasteiger partial charge in [0.1, 0.15) is 0 Å². The van der Waals surface area contributed by atoms with Crippen LogP contribution in [-0.4, -0.2) is 28.4 Å².